The van der Waals surface area contributed by atoms with Crippen LogP contribution in [0.5, 0.6) is 0 Å². The third kappa shape index (κ3) is 2.87. The van der Waals surface area contributed by atoms with Crippen LogP contribution in [0.25, 0.3) is 0 Å². The predicted octanol–water partition coefficient (Wildman–Crippen LogP) is 2.93. The van der Waals surface area contributed by atoms with E-state index in [1.54, 1.807) is 11.0 Å². The maximum atomic E-state index is 10.4. The normalized spacial score (nSPS) is 29.8. The SMILES string of the molecule is OC(CC[C@@H]1CC1(Cl)Cl)C(n1cncn1)C1(Cl)CC1. The molecule has 0 bridgehead atoms. The number of aliphatic hydroxyl groups is 1. The number of aromatic nitrogens is 3. The van der Waals surface area contributed by atoms with Crippen molar-refractivity contribution < 1.29 is 5.11 Å². The fourth-order valence-electron chi connectivity index (χ4n) is 2.65. The molecule has 3 rings (SSSR count). The molecule has 7 heteroatoms. The minimum absolute atomic E-state index is 0.226. The summed E-state index contributed by atoms with van der Waals surface area (Å²) in [4.78, 5) is 3.56. The summed E-state index contributed by atoms with van der Waals surface area (Å²) in [5.74, 6) is 0.285. The van der Waals surface area contributed by atoms with Gasteiger partial charge in [0.15, 0.2) is 0 Å². The molecule has 2 unspecified atom stereocenters. The van der Waals surface area contributed by atoms with Crippen LogP contribution >= 0.6 is 34.8 Å². The molecule has 2 aliphatic carbocycles. The molecule has 0 radical (unpaired) electrons. The maximum absolute atomic E-state index is 10.4. The highest BCUT2D eigenvalue weighted by Gasteiger charge is 2.54. The van der Waals surface area contributed by atoms with Gasteiger partial charge in [0.2, 0.25) is 0 Å². The molecule has 2 fully saturated rings. The summed E-state index contributed by atoms with van der Waals surface area (Å²) in [6, 6.07) is -0.226. The molecule has 4 nitrogen and oxygen atoms in total. The fourth-order valence-corrected chi connectivity index (χ4v) is 3.58. The summed E-state index contributed by atoms with van der Waals surface area (Å²) in [5.41, 5.74) is 0. The topological polar surface area (TPSA) is 50.9 Å². The lowest BCUT2D eigenvalue weighted by atomic mass is 10.00. The van der Waals surface area contributed by atoms with Crippen LogP contribution in [-0.4, -0.2) is 35.2 Å². The van der Waals surface area contributed by atoms with Crippen molar-refractivity contribution in [3.05, 3.63) is 12.7 Å². The van der Waals surface area contributed by atoms with E-state index < -0.39 is 10.4 Å². The van der Waals surface area contributed by atoms with Gasteiger partial charge in [0, 0.05) is 0 Å². The van der Waals surface area contributed by atoms with Gasteiger partial charge in [-0.05, 0) is 38.0 Å². The molecule has 0 amide bonds. The van der Waals surface area contributed by atoms with Gasteiger partial charge in [0.25, 0.3) is 0 Å². The summed E-state index contributed by atoms with van der Waals surface area (Å²) >= 11 is 18.5. The lowest BCUT2D eigenvalue weighted by Gasteiger charge is -2.27. The number of aliphatic hydroxyl groups excluding tert-OH is 1. The smallest absolute Gasteiger partial charge is 0.137 e. The molecule has 2 saturated carbocycles. The van der Waals surface area contributed by atoms with Crippen molar-refractivity contribution in [2.75, 3.05) is 0 Å². The van der Waals surface area contributed by atoms with Gasteiger partial charge in [0.1, 0.15) is 17.0 Å². The third-order valence-electron chi connectivity index (χ3n) is 4.11. The number of rotatable bonds is 6. The van der Waals surface area contributed by atoms with E-state index in [1.165, 1.54) is 6.33 Å². The van der Waals surface area contributed by atoms with E-state index in [0.717, 1.165) is 25.7 Å². The zero-order valence-electron chi connectivity index (χ0n) is 10.3. The Morgan fingerprint density at radius 1 is 1.37 bits per heavy atom. The molecule has 1 aromatic rings. The van der Waals surface area contributed by atoms with Gasteiger partial charge in [-0.25, -0.2) is 9.67 Å². The maximum Gasteiger partial charge on any atom is 0.137 e. The monoisotopic (exact) mass is 323 g/mol. The second-order valence-corrected chi connectivity index (χ2v) is 7.96. The first-order chi connectivity index (χ1) is 8.92. The van der Waals surface area contributed by atoms with E-state index in [2.05, 4.69) is 10.1 Å². The Balaban J connectivity index is 1.63. The van der Waals surface area contributed by atoms with Crippen molar-refractivity contribution in [2.24, 2.45) is 5.92 Å². The lowest BCUT2D eigenvalue weighted by Crippen LogP contribution is -2.33. The molecule has 1 N–H and O–H groups in total. The van der Waals surface area contributed by atoms with E-state index in [9.17, 15) is 5.11 Å². The second kappa shape index (κ2) is 4.76. The molecule has 0 saturated heterocycles. The van der Waals surface area contributed by atoms with Gasteiger partial charge < -0.3 is 5.11 Å². The largest absolute Gasteiger partial charge is 0.391 e. The highest BCUT2D eigenvalue weighted by Crippen LogP contribution is 2.57. The number of hydrogen-bond donors (Lipinski definition) is 1. The molecule has 3 atom stereocenters. The van der Waals surface area contributed by atoms with Crippen LogP contribution in [0.3, 0.4) is 0 Å². The number of hydrogen-bond acceptors (Lipinski definition) is 3. The van der Waals surface area contributed by atoms with Crippen LogP contribution in [0.15, 0.2) is 12.7 Å². The minimum Gasteiger partial charge on any atom is -0.391 e. The Morgan fingerprint density at radius 2 is 2.05 bits per heavy atom. The molecule has 106 valence electrons. The first-order valence-electron chi connectivity index (χ1n) is 6.51. The van der Waals surface area contributed by atoms with Gasteiger partial charge in [-0.1, -0.05) is 0 Å². The molecule has 0 aromatic carbocycles. The first kappa shape index (κ1) is 13.9. The molecule has 1 heterocycles. The summed E-state index contributed by atoms with van der Waals surface area (Å²) < 4.78 is 1.09. The van der Waals surface area contributed by atoms with Crippen LogP contribution in [0.2, 0.25) is 0 Å². The van der Waals surface area contributed by atoms with Crippen molar-refractivity contribution in [3.63, 3.8) is 0 Å². The summed E-state index contributed by atoms with van der Waals surface area (Å²) in [6.45, 7) is 0. The minimum atomic E-state index is -0.583. The molecule has 0 aliphatic heterocycles. The quantitative estimate of drug-likeness (QED) is 0.819. The first-order valence-corrected chi connectivity index (χ1v) is 7.65. The van der Waals surface area contributed by atoms with Crippen LogP contribution < -0.4 is 0 Å². The summed E-state index contributed by atoms with van der Waals surface area (Å²) in [7, 11) is 0. The molecule has 19 heavy (non-hydrogen) atoms. The molecule has 1 aromatic heterocycles. The van der Waals surface area contributed by atoms with E-state index in [0.29, 0.717) is 6.42 Å². The second-order valence-electron chi connectivity index (χ2n) is 5.66. The van der Waals surface area contributed by atoms with Crippen LogP contribution in [-0.2, 0) is 0 Å². The average Bonchev–Trinajstić information content (AvgIpc) is 3.11. The zero-order chi connectivity index (χ0) is 13.7. The van der Waals surface area contributed by atoms with Gasteiger partial charge in [0.05, 0.1) is 17.0 Å². The van der Waals surface area contributed by atoms with E-state index >= 15 is 0 Å². The average molecular weight is 325 g/mol. The molecular formula is C12H16Cl3N3O. The number of nitrogens with zero attached hydrogens (tertiary/aromatic N) is 3. The van der Waals surface area contributed by atoms with E-state index in [-0.39, 0.29) is 16.8 Å². The van der Waals surface area contributed by atoms with E-state index in [4.69, 9.17) is 34.8 Å². The van der Waals surface area contributed by atoms with Gasteiger partial charge in [-0.15, -0.1) is 34.8 Å². The summed E-state index contributed by atoms with van der Waals surface area (Å²) in [6.07, 6.45) is 6.57. The summed E-state index contributed by atoms with van der Waals surface area (Å²) in [5, 5.41) is 14.6. The fraction of sp³-hybridized carbons (Fsp3) is 0.833. The Kier molecular flexibility index (Phi) is 3.49. The van der Waals surface area contributed by atoms with Crippen molar-refractivity contribution in [1.82, 2.24) is 14.8 Å². The Labute approximate surface area is 127 Å². The van der Waals surface area contributed by atoms with Crippen LogP contribution in [0, 0.1) is 5.92 Å². The Hall–Kier alpha value is -0.0300. The van der Waals surface area contributed by atoms with Crippen molar-refractivity contribution in [1.29, 1.82) is 0 Å². The lowest BCUT2D eigenvalue weighted by molar-refractivity contribution is 0.0871. The van der Waals surface area contributed by atoms with Crippen molar-refractivity contribution in [3.8, 4) is 0 Å². The highest BCUT2D eigenvalue weighted by atomic mass is 35.5. The number of alkyl halides is 3. The van der Waals surface area contributed by atoms with Crippen LogP contribution in [0.4, 0.5) is 0 Å². The standard InChI is InChI=1S/C12H16Cl3N3O/c13-11(3-4-11)10(18-7-16-6-17-18)9(19)2-1-8-5-12(8,14)15/h6-10,19H,1-5H2/t8-,9?,10?/m1/s1. The Morgan fingerprint density at radius 3 is 2.53 bits per heavy atom. The highest BCUT2D eigenvalue weighted by molar-refractivity contribution is 6.50. The molecular weight excluding hydrogens is 309 g/mol. The predicted molar refractivity (Wildman–Crippen MR) is 74.7 cm³/mol. The number of halogens is 3. The van der Waals surface area contributed by atoms with Gasteiger partial charge >= 0.3 is 0 Å². The molecule has 2 aliphatic rings. The van der Waals surface area contributed by atoms with Gasteiger partial charge in [-0.3, -0.25) is 0 Å². The van der Waals surface area contributed by atoms with Crippen molar-refractivity contribution >= 4 is 34.8 Å². The van der Waals surface area contributed by atoms with Crippen LogP contribution in [0.1, 0.15) is 38.1 Å². The zero-order valence-corrected chi connectivity index (χ0v) is 12.6. The van der Waals surface area contributed by atoms with Gasteiger partial charge in [-0.2, -0.15) is 5.10 Å². The third-order valence-corrected chi connectivity index (χ3v) is 5.64. The Bertz CT molecular complexity index is 447. The van der Waals surface area contributed by atoms with E-state index in [1.807, 2.05) is 0 Å². The van der Waals surface area contributed by atoms with Crippen molar-refractivity contribution in [2.45, 2.75) is 53.5 Å². The molecule has 0 spiro atoms.